The van der Waals surface area contributed by atoms with E-state index < -0.39 is 11.6 Å². The van der Waals surface area contributed by atoms with Crippen LogP contribution in [0.2, 0.25) is 0 Å². The third kappa shape index (κ3) is 4.47. The van der Waals surface area contributed by atoms with Gasteiger partial charge in [-0.3, -0.25) is 0 Å². The lowest BCUT2D eigenvalue weighted by atomic mass is 10.1. The Hall–Kier alpha value is -2.17. The molecule has 132 valence electrons. The summed E-state index contributed by atoms with van der Waals surface area (Å²) in [6, 6.07) is 16.1. The Balaban J connectivity index is 0.00000225. The molecule has 25 heavy (non-hydrogen) atoms. The largest absolute Gasteiger partial charge is 0.497 e. The number of halogens is 3. The smallest absolute Gasteiger partial charge is 0.159 e. The summed E-state index contributed by atoms with van der Waals surface area (Å²) in [5.41, 5.74) is 1.85. The molecule has 0 aromatic heterocycles. The normalized spacial score (nSPS) is 11.8. The molecule has 3 aromatic rings. The van der Waals surface area contributed by atoms with Gasteiger partial charge in [0, 0.05) is 12.6 Å². The van der Waals surface area contributed by atoms with Crippen molar-refractivity contribution < 1.29 is 13.5 Å². The maximum atomic E-state index is 13.3. The van der Waals surface area contributed by atoms with Crippen LogP contribution in [0.15, 0.2) is 54.6 Å². The second kappa shape index (κ2) is 8.28. The van der Waals surface area contributed by atoms with Gasteiger partial charge in [0.2, 0.25) is 0 Å². The molecule has 1 N–H and O–H groups in total. The first-order valence-corrected chi connectivity index (χ1v) is 7.82. The van der Waals surface area contributed by atoms with Crippen molar-refractivity contribution in [1.82, 2.24) is 5.32 Å². The topological polar surface area (TPSA) is 21.3 Å². The monoisotopic (exact) mass is 363 g/mol. The average molecular weight is 364 g/mol. The van der Waals surface area contributed by atoms with Crippen molar-refractivity contribution in [2.24, 2.45) is 0 Å². The van der Waals surface area contributed by atoms with Gasteiger partial charge in [-0.05, 0) is 59.2 Å². The molecular formula is C20H20ClF2NO. The summed E-state index contributed by atoms with van der Waals surface area (Å²) < 4.78 is 31.6. The minimum Gasteiger partial charge on any atom is -0.497 e. The Morgan fingerprint density at radius 3 is 2.36 bits per heavy atom. The molecular weight excluding hydrogens is 344 g/mol. The molecule has 0 amide bonds. The highest BCUT2D eigenvalue weighted by molar-refractivity contribution is 5.85. The van der Waals surface area contributed by atoms with Gasteiger partial charge in [-0.2, -0.15) is 0 Å². The van der Waals surface area contributed by atoms with Crippen molar-refractivity contribution in [1.29, 1.82) is 0 Å². The fourth-order valence-corrected chi connectivity index (χ4v) is 2.68. The molecule has 2 nitrogen and oxygen atoms in total. The van der Waals surface area contributed by atoms with E-state index >= 15 is 0 Å². The minimum absolute atomic E-state index is 0. The van der Waals surface area contributed by atoms with Crippen LogP contribution in [0.5, 0.6) is 5.75 Å². The zero-order valence-electron chi connectivity index (χ0n) is 14.1. The van der Waals surface area contributed by atoms with E-state index in [9.17, 15) is 8.78 Å². The van der Waals surface area contributed by atoms with Gasteiger partial charge in [-0.1, -0.05) is 24.3 Å². The lowest BCUT2D eigenvalue weighted by Gasteiger charge is -2.15. The number of hydrogen-bond acceptors (Lipinski definition) is 2. The van der Waals surface area contributed by atoms with Crippen molar-refractivity contribution in [3.63, 3.8) is 0 Å². The summed E-state index contributed by atoms with van der Waals surface area (Å²) in [6.45, 7) is 2.57. The molecule has 5 heteroatoms. The molecule has 3 rings (SSSR count). The van der Waals surface area contributed by atoms with Crippen LogP contribution in [0.4, 0.5) is 8.78 Å². The number of hydrogen-bond donors (Lipinski definition) is 1. The molecule has 0 bridgehead atoms. The van der Waals surface area contributed by atoms with E-state index in [-0.39, 0.29) is 18.4 Å². The van der Waals surface area contributed by atoms with Gasteiger partial charge in [0.15, 0.2) is 11.6 Å². The lowest BCUT2D eigenvalue weighted by Crippen LogP contribution is -2.18. The summed E-state index contributed by atoms with van der Waals surface area (Å²) in [5, 5.41) is 5.59. The first-order chi connectivity index (χ1) is 11.6. The first-order valence-electron chi connectivity index (χ1n) is 7.82. The van der Waals surface area contributed by atoms with E-state index in [1.165, 1.54) is 6.07 Å². The molecule has 0 heterocycles. The molecule has 0 fully saturated rings. The molecule has 1 unspecified atom stereocenters. The number of nitrogens with one attached hydrogen (secondary N) is 1. The Labute approximate surface area is 152 Å². The molecule has 0 spiro atoms. The van der Waals surface area contributed by atoms with Crippen LogP contribution in [0, 0.1) is 11.6 Å². The standard InChI is InChI=1S/C20H19F2NO.ClH/c1-13(15-6-8-19(21)20(22)11-15)23-12-14-3-4-17-10-18(24-2)7-5-16(17)9-14;/h3-11,13,23H,12H2,1-2H3;1H. The van der Waals surface area contributed by atoms with Crippen LogP contribution in [-0.2, 0) is 6.54 Å². The van der Waals surface area contributed by atoms with Crippen molar-refractivity contribution in [2.75, 3.05) is 7.11 Å². The second-order valence-electron chi connectivity index (χ2n) is 5.82. The van der Waals surface area contributed by atoms with E-state index in [0.717, 1.165) is 33.7 Å². The van der Waals surface area contributed by atoms with Crippen LogP contribution >= 0.6 is 12.4 Å². The summed E-state index contributed by atoms with van der Waals surface area (Å²) in [5.74, 6) is -0.808. The molecule has 0 aliphatic carbocycles. The van der Waals surface area contributed by atoms with E-state index in [0.29, 0.717) is 6.54 Å². The zero-order chi connectivity index (χ0) is 17.1. The summed E-state index contributed by atoms with van der Waals surface area (Å²) in [6.07, 6.45) is 0. The van der Waals surface area contributed by atoms with Crippen LogP contribution in [0.3, 0.4) is 0 Å². The third-order valence-electron chi connectivity index (χ3n) is 4.17. The predicted octanol–water partition coefficient (Wildman–Crippen LogP) is 5.40. The van der Waals surface area contributed by atoms with Gasteiger partial charge in [0.05, 0.1) is 7.11 Å². The highest BCUT2D eigenvalue weighted by Crippen LogP contribution is 2.22. The Kier molecular flexibility index (Phi) is 6.34. The molecule has 0 radical (unpaired) electrons. The third-order valence-corrected chi connectivity index (χ3v) is 4.17. The number of fused-ring (bicyclic) bond motifs is 1. The van der Waals surface area contributed by atoms with Crippen LogP contribution < -0.4 is 10.1 Å². The molecule has 0 saturated heterocycles. The van der Waals surface area contributed by atoms with E-state index in [1.807, 2.05) is 31.2 Å². The number of benzene rings is 3. The fourth-order valence-electron chi connectivity index (χ4n) is 2.68. The maximum Gasteiger partial charge on any atom is 0.159 e. The lowest BCUT2D eigenvalue weighted by molar-refractivity contribution is 0.415. The van der Waals surface area contributed by atoms with Gasteiger partial charge in [0.1, 0.15) is 5.75 Å². The van der Waals surface area contributed by atoms with Gasteiger partial charge in [-0.25, -0.2) is 8.78 Å². The van der Waals surface area contributed by atoms with E-state index in [2.05, 4.69) is 17.4 Å². The van der Waals surface area contributed by atoms with Crippen LogP contribution in [-0.4, -0.2) is 7.11 Å². The summed E-state index contributed by atoms with van der Waals surface area (Å²) in [7, 11) is 1.65. The molecule has 1 atom stereocenters. The van der Waals surface area contributed by atoms with Crippen LogP contribution in [0.25, 0.3) is 10.8 Å². The van der Waals surface area contributed by atoms with E-state index in [4.69, 9.17) is 4.74 Å². The number of ether oxygens (including phenoxy) is 1. The first kappa shape index (κ1) is 19.2. The van der Waals surface area contributed by atoms with Crippen molar-refractivity contribution in [2.45, 2.75) is 19.5 Å². The van der Waals surface area contributed by atoms with Gasteiger partial charge >= 0.3 is 0 Å². The Morgan fingerprint density at radius 1 is 0.920 bits per heavy atom. The maximum absolute atomic E-state index is 13.3. The molecule has 3 aromatic carbocycles. The van der Waals surface area contributed by atoms with Gasteiger partial charge in [0.25, 0.3) is 0 Å². The minimum atomic E-state index is -0.823. The number of rotatable bonds is 5. The average Bonchev–Trinajstić information content (AvgIpc) is 2.61. The quantitative estimate of drug-likeness (QED) is 0.655. The number of methoxy groups -OCH3 is 1. The highest BCUT2D eigenvalue weighted by atomic mass is 35.5. The van der Waals surface area contributed by atoms with Crippen LogP contribution in [0.1, 0.15) is 24.1 Å². The predicted molar refractivity (Wildman–Crippen MR) is 99.4 cm³/mol. The highest BCUT2D eigenvalue weighted by Gasteiger charge is 2.09. The second-order valence-corrected chi connectivity index (χ2v) is 5.82. The fraction of sp³-hybridized carbons (Fsp3) is 0.200. The van der Waals surface area contributed by atoms with Crippen molar-refractivity contribution in [3.05, 3.63) is 77.4 Å². The zero-order valence-corrected chi connectivity index (χ0v) is 14.9. The Bertz CT molecular complexity index is 869. The van der Waals surface area contributed by atoms with Crippen molar-refractivity contribution in [3.8, 4) is 5.75 Å². The van der Waals surface area contributed by atoms with Crippen molar-refractivity contribution >= 4 is 23.2 Å². The summed E-state index contributed by atoms with van der Waals surface area (Å²) in [4.78, 5) is 0. The SMILES string of the molecule is COc1ccc2cc(CNC(C)c3ccc(F)c(F)c3)ccc2c1.Cl. The van der Waals surface area contributed by atoms with E-state index in [1.54, 1.807) is 13.2 Å². The molecule has 0 saturated carbocycles. The molecule has 0 aliphatic heterocycles. The summed E-state index contributed by atoms with van der Waals surface area (Å²) >= 11 is 0. The van der Waals surface area contributed by atoms with Gasteiger partial charge in [-0.15, -0.1) is 12.4 Å². The van der Waals surface area contributed by atoms with Gasteiger partial charge < -0.3 is 10.1 Å². The Morgan fingerprint density at radius 2 is 1.64 bits per heavy atom. The molecule has 0 aliphatic rings.